The van der Waals surface area contributed by atoms with E-state index >= 15 is 0 Å². The molecule has 96 valence electrons. The first-order valence-corrected chi connectivity index (χ1v) is 6.49. The summed E-state index contributed by atoms with van der Waals surface area (Å²) < 4.78 is 5.70. The molecule has 1 aromatic heterocycles. The molecule has 0 aliphatic carbocycles. The Morgan fingerprint density at radius 2 is 1.61 bits per heavy atom. The van der Waals surface area contributed by atoms with E-state index in [2.05, 4.69) is 45.1 Å². The third-order valence-corrected chi connectivity index (χ3v) is 3.18. The van der Waals surface area contributed by atoms with Crippen LogP contribution < -0.4 is 5.32 Å². The minimum Gasteiger partial charge on any atom is -0.464 e. The summed E-state index contributed by atoms with van der Waals surface area (Å²) in [5, 5.41) is 3.47. The van der Waals surface area contributed by atoms with E-state index in [1.54, 1.807) is 0 Å². The lowest BCUT2D eigenvalue weighted by Gasteiger charge is -2.12. The highest BCUT2D eigenvalue weighted by atomic mass is 16.3. The minimum absolute atomic E-state index is 0.741. The fourth-order valence-electron chi connectivity index (χ4n) is 2.34. The Morgan fingerprint density at radius 3 is 2.17 bits per heavy atom. The lowest BCUT2D eigenvalue weighted by Crippen LogP contribution is -2.02. The quantitative estimate of drug-likeness (QED) is 0.862. The van der Waals surface area contributed by atoms with Crippen molar-refractivity contribution in [3.8, 4) is 0 Å². The molecule has 18 heavy (non-hydrogen) atoms. The van der Waals surface area contributed by atoms with Crippen LogP contribution in [0.5, 0.6) is 0 Å². The molecule has 1 aromatic carbocycles. The molecular weight excluding hydrogens is 222 g/mol. The van der Waals surface area contributed by atoms with Crippen molar-refractivity contribution in [2.75, 3.05) is 5.32 Å². The number of aryl methyl sites for hydroxylation is 4. The molecule has 0 saturated heterocycles. The Bertz CT molecular complexity index is 517. The number of benzene rings is 1. The molecule has 2 rings (SSSR count). The van der Waals surface area contributed by atoms with Crippen molar-refractivity contribution in [3.05, 3.63) is 52.5 Å². The van der Waals surface area contributed by atoms with E-state index in [0.29, 0.717) is 0 Å². The first-order valence-electron chi connectivity index (χ1n) is 6.49. The van der Waals surface area contributed by atoms with Gasteiger partial charge >= 0.3 is 0 Å². The third-order valence-electron chi connectivity index (χ3n) is 3.18. The Morgan fingerprint density at radius 1 is 1.00 bits per heavy atom. The topological polar surface area (TPSA) is 25.2 Å². The summed E-state index contributed by atoms with van der Waals surface area (Å²) in [5.74, 6) is 2.04. The maximum atomic E-state index is 5.70. The molecule has 0 radical (unpaired) electrons. The molecule has 0 saturated carbocycles. The monoisotopic (exact) mass is 243 g/mol. The molecule has 0 spiro atoms. The van der Waals surface area contributed by atoms with E-state index in [4.69, 9.17) is 4.42 Å². The van der Waals surface area contributed by atoms with Crippen LogP contribution in [0, 0.1) is 20.8 Å². The number of anilines is 1. The van der Waals surface area contributed by atoms with Gasteiger partial charge in [0.15, 0.2) is 0 Å². The van der Waals surface area contributed by atoms with E-state index in [1.165, 1.54) is 22.4 Å². The van der Waals surface area contributed by atoms with Crippen molar-refractivity contribution in [1.29, 1.82) is 0 Å². The smallest absolute Gasteiger partial charge is 0.123 e. The maximum absolute atomic E-state index is 5.70. The number of nitrogens with one attached hydrogen (secondary N) is 1. The Balaban J connectivity index is 2.10. The van der Waals surface area contributed by atoms with Crippen molar-refractivity contribution in [2.45, 2.75) is 40.7 Å². The molecule has 2 heteroatoms. The van der Waals surface area contributed by atoms with E-state index in [0.717, 1.165) is 24.5 Å². The van der Waals surface area contributed by atoms with Crippen LogP contribution in [-0.2, 0) is 13.0 Å². The van der Waals surface area contributed by atoms with Crippen LogP contribution in [0.2, 0.25) is 0 Å². The second-order valence-corrected chi connectivity index (χ2v) is 4.85. The number of hydrogen-bond donors (Lipinski definition) is 1. The maximum Gasteiger partial charge on any atom is 0.123 e. The van der Waals surface area contributed by atoms with Crippen LogP contribution in [-0.4, -0.2) is 0 Å². The molecule has 0 unspecified atom stereocenters. The molecule has 1 N–H and O–H groups in total. The van der Waals surface area contributed by atoms with Crippen LogP contribution >= 0.6 is 0 Å². The van der Waals surface area contributed by atoms with Gasteiger partial charge in [-0.2, -0.15) is 0 Å². The van der Waals surface area contributed by atoms with Crippen molar-refractivity contribution < 1.29 is 4.42 Å². The van der Waals surface area contributed by atoms with Gasteiger partial charge in [-0.1, -0.05) is 24.6 Å². The second kappa shape index (κ2) is 5.30. The van der Waals surface area contributed by atoms with Crippen LogP contribution in [0.15, 0.2) is 28.7 Å². The molecule has 0 fully saturated rings. The summed E-state index contributed by atoms with van der Waals surface area (Å²) in [5.41, 5.74) is 5.10. The molecule has 0 amide bonds. The lowest BCUT2D eigenvalue weighted by atomic mass is 10.1. The van der Waals surface area contributed by atoms with Gasteiger partial charge in [-0.3, -0.25) is 0 Å². The summed E-state index contributed by atoms with van der Waals surface area (Å²) in [6.45, 7) is 9.25. The fourth-order valence-corrected chi connectivity index (χ4v) is 2.34. The number of furan rings is 1. The van der Waals surface area contributed by atoms with Gasteiger partial charge in [0.25, 0.3) is 0 Å². The van der Waals surface area contributed by atoms with Crippen LogP contribution in [0.3, 0.4) is 0 Å². The largest absolute Gasteiger partial charge is 0.464 e. The average Bonchev–Trinajstić information content (AvgIpc) is 2.75. The first kappa shape index (κ1) is 12.7. The number of rotatable bonds is 4. The highest BCUT2D eigenvalue weighted by Crippen LogP contribution is 2.22. The van der Waals surface area contributed by atoms with Gasteiger partial charge in [-0.25, -0.2) is 0 Å². The minimum atomic E-state index is 0.741. The number of hydrogen-bond acceptors (Lipinski definition) is 2. The molecule has 0 aliphatic rings. The molecule has 2 nitrogen and oxygen atoms in total. The summed E-state index contributed by atoms with van der Waals surface area (Å²) >= 11 is 0. The Hall–Kier alpha value is -1.70. The molecule has 1 heterocycles. The summed E-state index contributed by atoms with van der Waals surface area (Å²) in [7, 11) is 0. The van der Waals surface area contributed by atoms with Crippen molar-refractivity contribution in [3.63, 3.8) is 0 Å². The third kappa shape index (κ3) is 2.76. The average molecular weight is 243 g/mol. The molecule has 0 bridgehead atoms. The van der Waals surface area contributed by atoms with Gasteiger partial charge in [0.2, 0.25) is 0 Å². The normalized spacial score (nSPS) is 10.7. The zero-order valence-electron chi connectivity index (χ0n) is 11.6. The van der Waals surface area contributed by atoms with Crippen LogP contribution in [0.4, 0.5) is 5.69 Å². The second-order valence-electron chi connectivity index (χ2n) is 4.85. The van der Waals surface area contributed by atoms with Crippen molar-refractivity contribution >= 4 is 5.69 Å². The van der Waals surface area contributed by atoms with E-state index in [1.807, 2.05) is 12.1 Å². The van der Waals surface area contributed by atoms with Crippen molar-refractivity contribution in [2.24, 2.45) is 0 Å². The zero-order chi connectivity index (χ0) is 13.1. The fraction of sp³-hybridized carbons (Fsp3) is 0.375. The molecule has 0 aliphatic heterocycles. The van der Waals surface area contributed by atoms with Gasteiger partial charge in [0.05, 0.1) is 6.54 Å². The van der Waals surface area contributed by atoms with Crippen molar-refractivity contribution in [1.82, 2.24) is 0 Å². The first-order chi connectivity index (χ1) is 8.60. The lowest BCUT2D eigenvalue weighted by molar-refractivity contribution is 0.476. The summed E-state index contributed by atoms with van der Waals surface area (Å²) in [6.07, 6.45) is 0.947. The Kier molecular flexibility index (Phi) is 3.75. The van der Waals surface area contributed by atoms with Gasteiger partial charge in [-0.15, -0.1) is 0 Å². The standard InChI is InChI=1S/C16H21NO/c1-5-14-6-7-15(18-14)10-17-16-12(3)8-11(2)9-13(16)4/h6-9,17H,5,10H2,1-4H3. The van der Waals surface area contributed by atoms with Gasteiger partial charge in [0, 0.05) is 12.1 Å². The van der Waals surface area contributed by atoms with Crippen LogP contribution in [0.1, 0.15) is 35.1 Å². The molecule has 0 atom stereocenters. The predicted molar refractivity (Wildman–Crippen MR) is 76.1 cm³/mol. The van der Waals surface area contributed by atoms with Crippen LogP contribution in [0.25, 0.3) is 0 Å². The summed E-state index contributed by atoms with van der Waals surface area (Å²) in [6, 6.07) is 8.50. The highest BCUT2D eigenvalue weighted by Gasteiger charge is 2.05. The zero-order valence-corrected chi connectivity index (χ0v) is 11.6. The van der Waals surface area contributed by atoms with E-state index < -0.39 is 0 Å². The van der Waals surface area contributed by atoms with Gasteiger partial charge in [0.1, 0.15) is 11.5 Å². The van der Waals surface area contributed by atoms with Gasteiger partial charge in [-0.05, 0) is 44.0 Å². The summed E-state index contributed by atoms with van der Waals surface area (Å²) in [4.78, 5) is 0. The van der Waals surface area contributed by atoms with E-state index in [-0.39, 0.29) is 0 Å². The van der Waals surface area contributed by atoms with Gasteiger partial charge < -0.3 is 9.73 Å². The molecular formula is C16H21NO. The van der Waals surface area contributed by atoms with E-state index in [9.17, 15) is 0 Å². The predicted octanol–water partition coefficient (Wildman–Crippen LogP) is 4.38. The molecule has 2 aromatic rings. The SMILES string of the molecule is CCc1ccc(CNc2c(C)cc(C)cc2C)o1. The highest BCUT2D eigenvalue weighted by molar-refractivity contribution is 5.58. The Labute approximate surface area is 109 Å².